The van der Waals surface area contributed by atoms with E-state index in [0.29, 0.717) is 11.7 Å². The van der Waals surface area contributed by atoms with E-state index in [2.05, 4.69) is 4.99 Å². The summed E-state index contributed by atoms with van der Waals surface area (Å²) < 4.78 is 0. The summed E-state index contributed by atoms with van der Waals surface area (Å²) in [7, 11) is 0. The lowest BCUT2D eigenvalue weighted by Crippen LogP contribution is -2.46. The van der Waals surface area contributed by atoms with Gasteiger partial charge in [0.15, 0.2) is 5.84 Å². The second-order valence-corrected chi connectivity index (χ2v) is 6.28. The lowest BCUT2D eigenvalue weighted by Gasteiger charge is -2.48. The molecule has 0 N–H and O–H groups in total. The molecule has 0 saturated carbocycles. The largest absolute Gasteiger partial charge is 0.755 e. The van der Waals surface area contributed by atoms with Gasteiger partial charge in [0, 0.05) is 11.1 Å². The first-order valence-corrected chi connectivity index (χ1v) is 8.51. The van der Waals surface area contributed by atoms with Gasteiger partial charge in [-0.05, 0) is 12.5 Å². The quantitative estimate of drug-likeness (QED) is 0.701. The Hall–Kier alpha value is -3.24. The molecule has 0 amide bonds. The molecule has 3 aromatic carbocycles. The zero-order valence-corrected chi connectivity index (χ0v) is 14.4. The van der Waals surface area contributed by atoms with Crippen LogP contribution in [0.2, 0.25) is 0 Å². The molecule has 26 heavy (non-hydrogen) atoms. The van der Waals surface area contributed by atoms with Crippen molar-refractivity contribution in [2.24, 2.45) is 9.98 Å². The highest BCUT2D eigenvalue weighted by Crippen LogP contribution is 2.34. The van der Waals surface area contributed by atoms with Crippen LogP contribution in [0.1, 0.15) is 23.6 Å². The van der Waals surface area contributed by atoms with Crippen molar-refractivity contribution in [2.75, 3.05) is 0 Å². The summed E-state index contributed by atoms with van der Waals surface area (Å²) in [6.07, 6.45) is 0. The summed E-state index contributed by atoms with van der Waals surface area (Å²) in [6.45, 7) is 1.83. The van der Waals surface area contributed by atoms with Gasteiger partial charge < -0.3 is 10.3 Å². The molecule has 0 spiro atoms. The molecule has 0 aliphatic carbocycles. The van der Waals surface area contributed by atoms with Gasteiger partial charge in [0.05, 0.1) is 0 Å². The van der Waals surface area contributed by atoms with E-state index in [9.17, 15) is 5.21 Å². The Morgan fingerprint density at radius 3 is 1.81 bits per heavy atom. The minimum absolute atomic E-state index is 0.366. The molecule has 0 fully saturated rings. The third kappa shape index (κ3) is 2.80. The minimum atomic E-state index is -1.08. The van der Waals surface area contributed by atoms with Gasteiger partial charge in [-0.1, -0.05) is 91.0 Å². The highest BCUT2D eigenvalue weighted by molar-refractivity contribution is 6.13. The Labute approximate surface area is 152 Å². The first-order valence-electron chi connectivity index (χ1n) is 8.51. The zero-order valence-electron chi connectivity index (χ0n) is 14.4. The normalized spacial score (nSPS) is 19.7. The van der Waals surface area contributed by atoms with E-state index in [1.54, 1.807) is 0 Å². The third-order valence-electron chi connectivity index (χ3n) is 4.51. The molecule has 1 heterocycles. The Morgan fingerprint density at radius 2 is 1.23 bits per heavy atom. The van der Waals surface area contributed by atoms with Crippen LogP contribution in [0.25, 0.3) is 0 Å². The monoisotopic (exact) mass is 340 g/mol. The van der Waals surface area contributed by atoms with Gasteiger partial charge in [0.1, 0.15) is 11.5 Å². The fourth-order valence-electron chi connectivity index (χ4n) is 3.05. The van der Waals surface area contributed by atoms with E-state index in [0.717, 1.165) is 21.8 Å². The fraction of sp³-hybridized carbons (Fsp3) is 0.0909. The minimum Gasteiger partial charge on any atom is -0.755 e. The predicted molar refractivity (Wildman–Crippen MR) is 105 cm³/mol. The van der Waals surface area contributed by atoms with E-state index in [4.69, 9.17) is 4.99 Å². The summed E-state index contributed by atoms with van der Waals surface area (Å²) in [5.41, 5.74) is 1.40. The molecule has 1 aliphatic rings. The first kappa shape index (κ1) is 16.2. The van der Waals surface area contributed by atoms with Gasteiger partial charge in [-0.2, -0.15) is 0 Å². The van der Waals surface area contributed by atoms with Crippen molar-refractivity contribution in [3.63, 3.8) is 0 Å². The van der Waals surface area contributed by atoms with Crippen LogP contribution in [0, 0.1) is 5.21 Å². The molecular formula is C22H18N3O-. The maximum atomic E-state index is 13.3. The smallest absolute Gasteiger partial charge is 0.159 e. The van der Waals surface area contributed by atoms with Gasteiger partial charge in [-0.25, -0.2) is 9.98 Å². The molecule has 0 bridgehead atoms. The number of benzene rings is 3. The van der Waals surface area contributed by atoms with Gasteiger partial charge in [0.25, 0.3) is 0 Å². The standard InChI is InChI=1S/C22H18N3O/c1-22(19-15-9-4-10-16-19)24-20(17-11-5-2-6-12-17)23-21(25(22)26)18-13-7-3-8-14-18/h2-16H,1H3/q-1. The van der Waals surface area contributed by atoms with Gasteiger partial charge >= 0.3 is 0 Å². The lowest BCUT2D eigenvalue weighted by molar-refractivity contribution is 0.269. The summed E-state index contributed by atoms with van der Waals surface area (Å²) >= 11 is 0. The van der Waals surface area contributed by atoms with Crippen LogP contribution in [0.4, 0.5) is 0 Å². The molecular weight excluding hydrogens is 322 g/mol. The van der Waals surface area contributed by atoms with Crippen molar-refractivity contribution in [2.45, 2.75) is 12.6 Å². The fourth-order valence-corrected chi connectivity index (χ4v) is 3.05. The first-order chi connectivity index (χ1) is 12.7. The lowest BCUT2D eigenvalue weighted by atomic mass is 9.99. The third-order valence-corrected chi connectivity index (χ3v) is 4.51. The topological polar surface area (TPSA) is 51.0 Å². The molecule has 0 radical (unpaired) electrons. The van der Waals surface area contributed by atoms with Crippen LogP contribution in [0.3, 0.4) is 0 Å². The van der Waals surface area contributed by atoms with E-state index in [1.807, 2.05) is 97.9 Å². The number of nitrogens with zero attached hydrogens (tertiary/aromatic N) is 3. The summed E-state index contributed by atoms with van der Waals surface area (Å²) in [6, 6.07) is 28.9. The van der Waals surface area contributed by atoms with Crippen molar-refractivity contribution in [3.05, 3.63) is 113 Å². The van der Waals surface area contributed by atoms with Gasteiger partial charge in [-0.15, -0.1) is 0 Å². The average Bonchev–Trinajstić information content (AvgIpc) is 2.72. The number of aliphatic imine (C=N–C) groups is 2. The van der Waals surface area contributed by atoms with E-state index >= 15 is 0 Å². The van der Waals surface area contributed by atoms with Crippen LogP contribution in [0.15, 0.2) is 101 Å². The molecule has 1 atom stereocenters. The Balaban J connectivity index is 1.91. The van der Waals surface area contributed by atoms with Gasteiger partial charge in [0.2, 0.25) is 0 Å². The zero-order chi connectivity index (χ0) is 18.0. The Kier molecular flexibility index (Phi) is 4.11. The second-order valence-electron chi connectivity index (χ2n) is 6.28. The highest BCUT2D eigenvalue weighted by atomic mass is 16.5. The summed E-state index contributed by atoms with van der Waals surface area (Å²) in [5, 5.41) is 14.2. The molecule has 4 rings (SSSR count). The van der Waals surface area contributed by atoms with Crippen molar-refractivity contribution >= 4 is 11.7 Å². The number of amidine groups is 2. The Morgan fingerprint density at radius 1 is 0.731 bits per heavy atom. The molecule has 0 saturated heterocycles. The molecule has 4 heteroatoms. The highest BCUT2D eigenvalue weighted by Gasteiger charge is 2.34. The molecule has 4 nitrogen and oxygen atoms in total. The van der Waals surface area contributed by atoms with Crippen LogP contribution in [-0.4, -0.2) is 16.7 Å². The van der Waals surface area contributed by atoms with Crippen molar-refractivity contribution < 1.29 is 0 Å². The van der Waals surface area contributed by atoms with E-state index in [-0.39, 0.29) is 0 Å². The summed E-state index contributed by atoms with van der Waals surface area (Å²) in [4.78, 5) is 9.36. The predicted octanol–water partition coefficient (Wildman–Crippen LogP) is 4.57. The SMILES string of the molecule is CC1(c2ccccc2)N=C(c2ccccc2)N=C(c2ccccc2)N1[O-]. The number of hydroxylamine groups is 2. The molecule has 128 valence electrons. The maximum Gasteiger partial charge on any atom is 0.159 e. The van der Waals surface area contributed by atoms with Crippen LogP contribution >= 0.6 is 0 Å². The average molecular weight is 340 g/mol. The van der Waals surface area contributed by atoms with Crippen molar-refractivity contribution in [1.29, 1.82) is 0 Å². The second kappa shape index (κ2) is 6.58. The van der Waals surface area contributed by atoms with Gasteiger partial charge in [-0.3, -0.25) is 0 Å². The maximum absolute atomic E-state index is 13.3. The van der Waals surface area contributed by atoms with Crippen LogP contribution in [-0.2, 0) is 5.66 Å². The van der Waals surface area contributed by atoms with Crippen LogP contribution in [0.5, 0.6) is 0 Å². The molecule has 3 aromatic rings. The van der Waals surface area contributed by atoms with Crippen molar-refractivity contribution in [1.82, 2.24) is 5.06 Å². The van der Waals surface area contributed by atoms with E-state index < -0.39 is 5.66 Å². The van der Waals surface area contributed by atoms with E-state index in [1.165, 1.54) is 0 Å². The molecule has 0 aromatic heterocycles. The molecule has 1 unspecified atom stereocenters. The Bertz CT molecular complexity index is 952. The number of hydrogen-bond donors (Lipinski definition) is 0. The number of hydrogen-bond acceptors (Lipinski definition) is 4. The number of rotatable bonds is 3. The molecule has 1 aliphatic heterocycles. The summed E-state index contributed by atoms with van der Waals surface area (Å²) in [5.74, 6) is 0.925. The van der Waals surface area contributed by atoms with Crippen molar-refractivity contribution in [3.8, 4) is 0 Å². The van der Waals surface area contributed by atoms with Crippen LogP contribution < -0.4 is 0 Å².